The second kappa shape index (κ2) is 11.6. The Kier molecular flexibility index (Phi) is 10.9. The van der Waals surface area contributed by atoms with Gasteiger partial charge in [0.1, 0.15) is 0 Å². The lowest BCUT2D eigenvalue weighted by Crippen LogP contribution is -2.28. The van der Waals surface area contributed by atoms with Crippen molar-refractivity contribution in [1.29, 1.82) is 0 Å². The number of likely N-dealkylation sites (N-methyl/N-ethyl adjacent to an activating group) is 1. The van der Waals surface area contributed by atoms with Crippen LogP contribution in [-0.4, -0.2) is 50.1 Å². The zero-order chi connectivity index (χ0) is 15.4. The molecule has 0 aromatic carbocycles. The van der Waals surface area contributed by atoms with Crippen LogP contribution < -0.4 is 5.32 Å². The van der Waals surface area contributed by atoms with Gasteiger partial charge in [0.05, 0.1) is 0 Å². The van der Waals surface area contributed by atoms with Crippen LogP contribution in [0, 0.1) is 0 Å². The van der Waals surface area contributed by atoms with Gasteiger partial charge in [0, 0.05) is 38.1 Å². The minimum Gasteiger partial charge on any atom is -0.391 e. The van der Waals surface area contributed by atoms with Crippen LogP contribution in [0.1, 0.15) is 33.1 Å². The third-order valence-electron chi connectivity index (χ3n) is 3.52. The zero-order valence-corrected chi connectivity index (χ0v) is 13.9. The molecule has 1 N–H and O–H groups in total. The maximum Gasteiger partial charge on any atom is 0.0343 e. The van der Waals surface area contributed by atoms with Crippen LogP contribution in [0.15, 0.2) is 36.7 Å². The molecule has 0 spiro atoms. The molecule has 1 aliphatic heterocycles. The zero-order valence-electron chi connectivity index (χ0n) is 13.9. The van der Waals surface area contributed by atoms with E-state index in [9.17, 15) is 0 Å². The molecule has 0 amide bonds. The lowest BCUT2D eigenvalue weighted by molar-refractivity contribution is 0.329. The third kappa shape index (κ3) is 6.80. The smallest absolute Gasteiger partial charge is 0.0343 e. The fourth-order valence-electron chi connectivity index (χ4n) is 2.32. The molecule has 0 aromatic rings. The minimum atomic E-state index is 1.06. The van der Waals surface area contributed by atoms with Crippen molar-refractivity contribution in [3.8, 4) is 0 Å². The van der Waals surface area contributed by atoms with Crippen molar-refractivity contribution in [1.82, 2.24) is 15.1 Å². The molecule has 20 heavy (non-hydrogen) atoms. The summed E-state index contributed by atoms with van der Waals surface area (Å²) in [6.45, 7) is 15.1. The maximum atomic E-state index is 3.29. The summed E-state index contributed by atoms with van der Waals surface area (Å²) in [5.41, 5.74) is 2.70. The van der Waals surface area contributed by atoms with E-state index in [0.29, 0.717) is 0 Å². The third-order valence-corrected chi connectivity index (χ3v) is 3.52. The van der Waals surface area contributed by atoms with E-state index in [1.807, 2.05) is 7.05 Å². The SMILES string of the molecule is C=C.CC/C=C(\C=C(/CC)NC)N1CCCN(C)CC1. The fraction of sp³-hybridized carbons (Fsp3) is 0.647. The minimum absolute atomic E-state index is 1.06. The molecule has 3 heteroatoms. The van der Waals surface area contributed by atoms with Crippen molar-refractivity contribution in [2.45, 2.75) is 33.1 Å². The van der Waals surface area contributed by atoms with Crippen LogP contribution in [0.25, 0.3) is 0 Å². The average Bonchev–Trinajstić information content (AvgIpc) is 2.70. The summed E-state index contributed by atoms with van der Waals surface area (Å²) >= 11 is 0. The van der Waals surface area contributed by atoms with E-state index in [1.165, 1.54) is 30.9 Å². The Hall–Kier alpha value is -1.22. The number of nitrogens with one attached hydrogen (secondary N) is 1. The Balaban J connectivity index is 0.00000172. The van der Waals surface area contributed by atoms with Gasteiger partial charge in [-0.1, -0.05) is 19.9 Å². The quantitative estimate of drug-likeness (QED) is 0.616. The van der Waals surface area contributed by atoms with Crippen LogP contribution in [-0.2, 0) is 0 Å². The molecule has 0 aromatic heterocycles. The first-order valence-corrected chi connectivity index (χ1v) is 7.73. The molecule has 1 fully saturated rings. The van der Waals surface area contributed by atoms with Crippen LogP contribution in [0.4, 0.5) is 0 Å². The molecule has 0 saturated carbocycles. The Labute approximate surface area is 126 Å². The van der Waals surface area contributed by atoms with Crippen LogP contribution in [0.2, 0.25) is 0 Å². The second-order valence-electron chi connectivity index (χ2n) is 4.95. The van der Waals surface area contributed by atoms with Crippen LogP contribution in [0.3, 0.4) is 0 Å². The fourth-order valence-corrected chi connectivity index (χ4v) is 2.32. The van der Waals surface area contributed by atoms with Crippen LogP contribution in [0.5, 0.6) is 0 Å². The maximum absolute atomic E-state index is 3.29. The van der Waals surface area contributed by atoms with E-state index in [-0.39, 0.29) is 0 Å². The monoisotopic (exact) mass is 279 g/mol. The summed E-state index contributed by atoms with van der Waals surface area (Å²) in [5, 5.41) is 3.29. The van der Waals surface area contributed by atoms with E-state index < -0.39 is 0 Å². The summed E-state index contributed by atoms with van der Waals surface area (Å²) < 4.78 is 0. The van der Waals surface area contributed by atoms with E-state index in [0.717, 1.165) is 25.9 Å². The molecule has 0 atom stereocenters. The van der Waals surface area contributed by atoms with Gasteiger partial charge >= 0.3 is 0 Å². The van der Waals surface area contributed by atoms with Gasteiger partial charge in [0.25, 0.3) is 0 Å². The lowest BCUT2D eigenvalue weighted by Gasteiger charge is -2.25. The topological polar surface area (TPSA) is 18.5 Å². The van der Waals surface area contributed by atoms with Crippen LogP contribution >= 0.6 is 0 Å². The number of hydrogen-bond donors (Lipinski definition) is 1. The van der Waals surface area contributed by atoms with Gasteiger partial charge in [0.15, 0.2) is 0 Å². The number of rotatable bonds is 5. The van der Waals surface area contributed by atoms with Gasteiger partial charge in [-0.3, -0.25) is 0 Å². The molecule has 3 nitrogen and oxygen atoms in total. The highest BCUT2D eigenvalue weighted by molar-refractivity contribution is 5.22. The van der Waals surface area contributed by atoms with Gasteiger partial charge in [-0.25, -0.2) is 0 Å². The summed E-state index contributed by atoms with van der Waals surface area (Å²) in [6.07, 6.45) is 8.07. The molecule has 116 valence electrons. The van der Waals surface area contributed by atoms with Gasteiger partial charge in [-0.15, -0.1) is 13.2 Å². The van der Waals surface area contributed by atoms with Crippen molar-refractivity contribution in [3.63, 3.8) is 0 Å². The molecule has 0 radical (unpaired) electrons. The number of nitrogens with zero attached hydrogens (tertiary/aromatic N) is 2. The first-order chi connectivity index (χ1) is 9.71. The van der Waals surface area contributed by atoms with Gasteiger partial charge < -0.3 is 15.1 Å². The van der Waals surface area contributed by atoms with Crippen molar-refractivity contribution < 1.29 is 0 Å². The molecule has 1 aliphatic rings. The van der Waals surface area contributed by atoms with Crippen molar-refractivity contribution in [2.24, 2.45) is 0 Å². The number of hydrogen-bond acceptors (Lipinski definition) is 3. The highest BCUT2D eigenvalue weighted by Crippen LogP contribution is 2.14. The van der Waals surface area contributed by atoms with Crippen molar-refractivity contribution in [2.75, 3.05) is 40.3 Å². The summed E-state index contributed by atoms with van der Waals surface area (Å²) in [4.78, 5) is 4.95. The van der Waals surface area contributed by atoms with E-state index >= 15 is 0 Å². The Morgan fingerprint density at radius 3 is 2.40 bits per heavy atom. The molecule has 1 saturated heterocycles. The second-order valence-corrected chi connectivity index (χ2v) is 4.95. The molecule has 1 heterocycles. The first-order valence-electron chi connectivity index (χ1n) is 7.73. The first kappa shape index (κ1) is 18.8. The predicted octanol–water partition coefficient (Wildman–Crippen LogP) is 3.23. The summed E-state index contributed by atoms with van der Waals surface area (Å²) in [6, 6.07) is 0. The molecule has 0 aliphatic carbocycles. The summed E-state index contributed by atoms with van der Waals surface area (Å²) in [7, 11) is 4.22. The predicted molar refractivity (Wildman–Crippen MR) is 90.7 cm³/mol. The summed E-state index contributed by atoms with van der Waals surface area (Å²) in [5.74, 6) is 0. The van der Waals surface area contributed by atoms with E-state index in [1.54, 1.807) is 0 Å². The molecule has 0 bridgehead atoms. The highest BCUT2D eigenvalue weighted by atomic mass is 15.2. The normalized spacial score (nSPS) is 18.1. The Morgan fingerprint density at radius 2 is 1.85 bits per heavy atom. The van der Waals surface area contributed by atoms with Gasteiger partial charge in [0.2, 0.25) is 0 Å². The Bertz CT molecular complexity index is 301. The number of allylic oxidation sites excluding steroid dienone is 3. The van der Waals surface area contributed by atoms with Gasteiger partial charge in [-0.2, -0.15) is 0 Å². The molecular formula is C17H33N3. The molecule has 1 rings (SSSR count). The van der Waals surface area contributed by atoms with E-state index in [4.69, 9.17) is 0 Å². The van der Waals surface area contributed by atoms with Crippen molar-refractivity contribution in [3.05, 3.63) is 36.7 Å². The lowest BCUT2D eigenvalue weighted by atomic mass is 10.2. The van der Waals surface area contributed by atoms with Gasteiger partial charge in [-0.05, 0) is 38.9 Å². The highest BCUT2D eigenvalue weighted by Gasteiger charge is 2.13. The Morgan fingerprint density at radius 1 is 1.15 bits per heavy atom. The molecular weight excluding hydrogens is 246 g/mol. The molecule has 0 unspecified atom stereocenters. The van der Waals surface area contributed by atoms with E-state index in [2.05, 4.69) is 61.3 Å². The largest absolute Gasteiger partial charge is 0.391 e. The average molecular weight is 279 g/mol. The van der Waals surface area contributed by atoms with Crippen molar-refractivity contribution >= 4 is 0 Å². The standard InChI is InChI=1S/C15H29N3.C2H4/c1-5-8-15(13-14(6-2)16-3)18-10-7-9-17(4)11-12-18;1-2/h8,13,16H,5-7,9-12H2,1-4H3;1-2H2/b14-13+,15-8+;.